The van der Waals surface area contributed by atoms with Crippen LogP contribution in [0.3, 0.4) is 0 Å². The molecule has 240 valence electrons. The van der Waals surface area contributed by atoms with E-state index in [-0.39, 0.29) is 23.7 Å². The molecule has 0 radical (unpaired) electrons. The molecule has 6 rings (SSSR count). The lowest BCUT2D eigenvalue weighted by molar-refractivity contribution is -0.154. The predicted molar refractivity (Wildman–Crippen MR) is 182 cm³/mol. The van der Waals surface area contributed by atoms with Crippen LogP contribution in [0.4, 0.5) is 4.39 Å². The quantitative estimate of drug-likeness (QED) is 0.106. The minimum absolute atomic E-state index is 0.0596. The third kappa shape index (κ3) is 6.90. The highest BCUT2D eigenvalue weighted by atomic mass is 28.3. The minimum Gasteiger partial charge on any atom is -0.493 e. The molecular formula is C38H37FN2O5Si. The van der Waals surface area contributed by atoms with Crippen molar-refractivity contribution in [1.82, 2.24) is 9.88 Å². The molecule has 0 aliphatic carbocycles. The second kappa shape index (κ2) is 13.4. The topological polar surface area (TPSA) is 78.0 Å². The summed E-state index contributed by atoms with van der Waals surface area (Å²) in [5.41, 5.74) is 3.55. The van der Waals surface area contributed by atoms with Crippen LogP contribution >= 0.6 is 0 Å². The van der Waals surface area contributed by atoms with E-state index >= 15 is 0 Å². The Hall–Kier alpha value is -5.02. The van der Waals surface area contributed by atoms with Crippen LogP contribution in [0.15, 0.2) is 103 Å². The monoisotopic (exact) mass is 648 g/mol. The fraction of sp³-hybridized carbons (Fsp3) is 0.237. The summed E-state index contributed by atoms with van der Waals surface area (Å²) < 4.78 is 33.3. The van der Waals surface area contributed by atoms with Gasteiger partial charge in [0.05, 0.1) is 17.7 Å². The van der Waals surface area contributed by atoms with Gasteiger partial charge in [0.2, 0.25) is 6.23 Å². The molecule has 0 N–H and O–H groups in total. The van der Waals surface area contributed by atoms with Crippen molar-refractivity contribution in [2.75, 3.05) is 6.61 Å². The van der Waals surface area contributed by atoms with E-state index in [1.54, 1.807) is 18.3 Å². The van der Waals surface area contributed by atoms with E-state index < -0.39 is 32.3 Å². The van der Waals surface area contributed by atoms with E-state index in [1.807, 2.05) is 72.8 Å². The third-order valence-corrected chi connectivity index (χ3v) is 9.80. The summed E-state index contributed by atoms with van der Waals surface area (Å²) in [6.07, 6.45) is -0.0375. The maximum absolute atomic E-state index is 14.7. The molecule has 5 aromatic rings. The molecule has 1 aromatic heterocycles. The maximum Gasteiger partial charge on any atom is 0.304 e. The molecule has 2 heterocycles. The van der Waals surface area contributed by atoms with Gasteiger partial charge in [-0.05, 0) is 47.0 Å². The average Bonchev–Trinajstić information content (AvgIpc) is 3.31. The number of carbonyl (C=O) groups excluding carboxylic acids is 2. The summed E-state index contributed by atoms with van der Waals surface area (Å²) in [5, 5.41) is 0.644. The van der Waals surface area contributed by atoms with Gasteiger partial charge in [0.1, 0.15) is 23.2 Å². The average molecular weight is 649 g/mol. The van der Waals surface area contributed by atoms with Crippen molar-refractivity contribution < 1.29 is 28.2 Å². The van der Waals surface area contributed by atoms with Gasteiger partial charge in [0, 0.05) is 33.1 Å². The fourth-order valence-electron chi connectivity index (χ4n) is 5.78. The number of amides is 1. The van der Waals surface area contributed by atoms with E-state index in [2.05, 4.69) is 19.6 Å². The summed E-state index contributed by atoms with van der Waals surface area (Å²) in [6, 6.07) is 30.0. The molecule has 1 amide bonds. The van der Waals surface area contributed by atoms with Crippen molar-refractivity contribution in [3.05, 3.63) is 137 Å². The van der Waals surface area contributed by atoms with E-state index in [0.29, 0.717) is 34.4 Å². The number of nitrogens with zero attached hydrogens (tertiary/aromatic N) is 2. The Morgan fingerprint density at radius 1 is 0.894 bits per heavy atom. The Bertz CT molecular complexity index is 1860. The number of benzene rings is 4. The summed E-state index contributed by atoms with van der Waals surface area (Å²) in [5.74, 6) is -0.651. The number of aromatic nitrogens is 1. The molecule has 1 atom stereocenters. The number of fused-ring (bicyclic) bond motifs is 2. The van der Waals surface area contributed by atoms with Crippen molar-refractivity contribution in [2.45, 2.75) is 51.5 Å². The molecule has 0 saturated carbocycles. The molecule has 4 aromatic carbocycles. The smallest absolute Gasteiger partial charge is 0.304 e. The van der Waals surface area contributed by atoms with Crippen LogP contribution in [-0.4, -0.2) is 36.4 Å². The molecule has 1 aliphatic rings. The number of hydrogen-bond acceptors (Lipinski definition) is 6. The van der Waals surface area contributed by atoms with Gasteiger partial charge in [0.25, 0.3) is 5.91 Å². The summed E-state index contributed by atoms with van der Waals surface area (Å²) in [6.45, 7) is 8.58. The van der Waals surface area contributed by atoms with Crippen molar-refractivity contribution in [2.24, 2.45) is 0 Å². The summed E-state index contributed by atoms with van der Waals surface area (Å²) in [4.78, 5) is 33.5. The molecule has 0 spiro atoms. The van der Waals surface area contributed by atoms with Crippen LogP contribution in [0.1, 0.15) is 51.9 Å². The first kappa shape index (κ1) is 31.9. The molecule has 0 bridgehead atoms. The number of carbonyl (C=O) groups is 2. The van der Waals surface area contributed by atoms with Crippen LogP contribution < -0.4 is 9.47 Å². The fourth-order valence-corrected chi connectivity index (χ4v) is 6.49. The lowest BCUT2D eigenvalue weighted by Crippen LogP contribution is -2.30. The van der Waals surface area contributed by atoms with Crippen LogP contribution in [0.5, 0.6) is 11.5 Å². The van der Waals surface area contributed by atoms with Gasteiger partial charge in [0.15, 0.2) is 5.75 Å². The number of rotatable bonds is 11. The highest BCUT2D eigenvalue weighted by molar-refractivity contribution is 6.76. The molecular weight excluding hydrogens is 612 g/mol. The largest absolute Gasteiger partial charge is 0.493 e. The number of halogens is 1. The van der Waals surface area contributed by atoms with E-state index in [9.17, 15) is 14.0 Å². The molecule has 0 saturated heterocycles. The van der Waals surface area contributed by atoms with Crippen LogP contribution in [0.25, 0.3) is 10.9 Å². The first-order valence-corrected chi connectivity index (χ1v) is 19.4. The molecule has 0 fully saturated rings. The van der Waals surface area contributed by atoms with Gasteiger partial charge < -0.3 is 14.2 Å². The number of ether oxygens (including phenoxy) is 3. The second-order valence-electron chi connectivity index (χ2n) is 12.8. The number of esters is 1. The summed E-state index contributed by atoms with van der Waals surface area (Å²) in [7, 11) is -1.50. The van der Waals surface area contributed by atoms with E-state index in [1.165, 1.54) is 24.0 Å². The Balaban J connectivity index is 1.58. The molecule has 7 nitrogen and oxygen atoms in total. The van der Waals surface area contributed by atoms with Crippen LogP contribution in [0, 0.1) is 5.82 Å². The van der Waals surface area contributed by atoms with Gasteiger partial charge in [-0.15, -0.1) is 0 Å². The van der Waals surface area contributed by atoms with Crippen molar-refractivity contribution in [1.29, 1.82) is 0 Å². The SMILES string of the molecule is CC(=O)OC1c2c(c(OC(c3ccccc3)c3ccccc3)c3ncccc3c2OCC[Si](C)(C)C)C(=O)N1Cc1ccc(F)cc1. The minimum atomic E-state index is -1.50. The molecule has 47 heavy (non-hydrogen) atoms. The Morgan fingerprint density at radius 2 is 1.53 bits per heavy atom. The highest BCUT2D eigenvalue weighted by Crippen LogP contribution is 2.51. The van der Waals surface area contributed by atoms with Crippen LogP contribution in [0.2, 0.25) is 25.7 Å². The van der Waals surface area contributed by atoms with Crippen molar-refractivity contribution in [3.8, 4) is 11.5 Å². The molecule has 1 aliphatic heterocycles. The highest BCUT2D eigenvalue weighted by Gasteiger charge is 2.46. The van der Waals surface area contributed by atoms with E-state index in [4.69, 9.17) is 19.2 Å². The zero-order valence-corrected chi connectivity index (χ0v) is 27.9. The van der Waals surface area contributed by atoms with Gasteiger partial charge in [-0.1, -0.05) is 92.4 Å². The lowest BCUT2D eigenvalue weighted by Gasteiger charge is -2.26. The van der Waals surface area contributed by atoms with Gasteiger partial charge in [-0.3, -0.25) is 19.5 Å². The predicted octanol–water partition coefficient (Wildman–Crippen LogP) is 8.48. The number of pyridine rings is 1. The Morgan fingerprint density at radius 3 is 2.13 bits per heavy atom. The molecule has 9 heteroatoms. The molecule has 1 unspecified atom stereocenters. The first-order valence-electron chi connectivity index (χ1n) is 15.7. The van der Waals surface area contributed by atoms with Crippen molar-refractivity contribution >= 4 is 30.9 Å². The third-order valence-electron chi connectivity index (χ3n) is 8.10. The zero-order valence-electron chi connectivity index (χ0n) is 26.9. The second-order valence-corrected chi connectivity index (χ2v) is 18.5. The van der Waals surface area contributed by atoms with Gasteiger partial charge in [-0.2, -0.15) is 0 Å². The Labute approximate surface area is 274 Å². The van der Waals surface area contributed by atoms with E-state index in [0.717, 1.165) is 17.2 Å². The standard InChI is InChI=1S/C38H37FN2O5Si/c1-25(42)45-38-32-31(37(43)41(38)24-26-17-19-29(39)20-18-26)36(33-30(16-11-21-40-33)35(32)44-22-23-47(2,3)4)46-34(27-12-7-5-8-13-27)28-14-9-6-10-15-28/h5-21,34,38H,22-24H2,1-4H3. The zero-order chi connectivity index (χ0) is 33.1. The van der Waals surface area contributed by atoms with Crippen LogP contribution in [-0.2, 0) is 16.1 Å². The number of hydrogen-bond donors (Lipinski definition) is 0. The lowest BCUT2D eigenvalue weighted by atomic mass is 9.99. The first-order chi connectivity index (χ1) is 22.6. The normalized spacial score (nSPS) is 14.4. The maximum atomic E-state index is 14.7. The van der Waals surface area contributed by atoms with Gasteiger partial charge in [-0.25, -0.2) is 4.39 Å². The van der Waals surface area contributed by atoms with Gasteiger partial charge >= 0.3 is 5.97 Å². The van der Waals surface area contributed by atoms with Crippen molar-refractivity contribution in [3.63, 3.8) is 0 Å². The summed E-state index contributed by atoms with van der Waals surface area (Å²) >= 11 is 0. The Kier molecular flexibility index (Phi) is 9.09.